The highest BCUT2D eigenvalue weighted by Crippen LogP contribution is 2.21. The summed E-state index contributed by atoms with van der Waals surface area (Å²) >= 11 is 0. The third-order valence-electron chi connectivity index (χ3n) is 2.53. The monoisotopic (exact) mass is 253 g/mol. The summed E-state index contributed by atoms with van der Waals surface area (Å²) in [4.78, 5) is 4.12. The van der Waals surface area contributed by atoms with Crippen molar-refractivity contribution in [2.24, 2.45) is 5.73 Å². The highest BCUT2D eigenvalue weighted by atomic mass is 19.2. The minimum Gasteiger partial charge on any atom is -0.339 e. The van der Waals surface area contributed by atoms with Crippen LogP contribution in [0.2, 0.25) is 0 Å². The molecule has 2 aromatic rings. The van der Waals surface area contributed by atoms with Crippen molar-refractivity contribution in [1.29, 1.82) is 0 Å². The van der Waals surface area contributed by atoms with Gasteiger partial charge in [0.2, 0.25) is 5.89 Å². The number of halogens is 2. The molecular weight excluding hydrogens is 240 g/mol. The lowest BCUT2D eigenvalue weighted by molar-refractivity contribution is 0.359. The summed E-state index contributed by atoms with van der Waals surface area (Å²) in [7, 11) is 0. The molecule has 1 aromatic carbocycles. The van der Waals surface area contributed by atoms with Gasteiger partial charge in [0.15, 0.2) is 17.5 Å². The maximum absolute atomic E-state index is 13.1. The zero-order chi connectivity index (χ0) is 13.3. The van der Waals surface area contributed by atoms with Crippen LogP contribution in [-0.2, 0) is 0 Å². The standard InChI is InChI=1S/C12H13F2N3O/c1-6(2)12-16-11(17-18-12)10(15)7-3-4-8(13)9(14)5-7/h3-6,10H,15H2,1-2H3. The van der Waals surface area contributed by atoms with Gasteiger partial charge in [0.1, 0.15) is 0 Å². The SMILES string of the molecule is CC(C)c1nc(C(N)c2ccc(F)c(F)c2)no1. The second-order valence-electron chi connectivity index (χ2n) is 4.30. The van der Waals surface area contributed by atoms with Crippen molar-refractivity contribution in [3.8, 4) is 0 Å². The lowest BCUT2D eigenvalue weighted by Gasteiger charge is -2.07. The molecule has 0 amide bonds. The molecule has 1 heterocycles. The molecule has 0 bridgehead atoms. The first-order valence-corrected chi connectivity index (χ1v) is 5.53. The number of rotatable bonds is 3. The Labute approximate surface area is 103 Å². The number of hydrogen-bond donors (Lipinski definition) is 1. The van der Waals surface area contributed by atoms with Gasteiger partial charge in [0.25, 0.3) is 0 Å². The molecule has 0 saturated heterocycles. The van der Waals surface area contributed by atoms with E-state index in [-0.39, 0.29) is 11.7 Å². The molecule has 2 N–H and O–H groups in total. The third-order valence-corrected chi connectivity index (χ3v) is 2.53. The van der Waals surface area contributed by atoms with Gasteiger partial charge >= 0.3 is 0 Å². The molecule has 6 heteroatoms. The molecule has 0 aliphatic rings. The van der Waals surface area contributed by atoms with E-state index in [1.54, 1.807) is 0 Å². The zero-order valence-corrected chi connectivity index (χ0v) is 10.0. The number of hydrogen-bond acceptors (Lipinski definition) is 4. The van der Waals surface area contributed by atoms with Crippen molar-refractivity contribution in [2.45, 2.75) is 25.8 Å². The summed E-state index contributed by atoms with van der Waals surface area (Å²) < 4.78 is 30.9. The van der Waals surface area contributed by atoms with Gasteiger partial charge in [-0.1, -0.05) is 25.1 Å². The minimum atomic E-state index is -0.949. The number of aromatic nitrogens is 2. The molecule has 1 unspecified atom stereocenters. The molecule has 0 aliphatic heterocycles. The Balaban J connectivity index is 2.29. The Kier molecular flexibility index (Phi) is 3.38. The summed E-state index contributed by atoms with van der Waals surface area (Å²) in [6, 6.07) is 2.71. The predicted octanol–water partition coefficient (Wildman–Crippen LogP) is 2.52. The minimum absolute atomic E-state index is 0.0865. The Hall–Kier alpha value is -1.82. The fourth-order valence-corrected chi connectivity index (χ4v) is 1.46. The quantitative estimate of drug-likeness (QED) is 0.912. The van der Waals surface area contributed by atoms with Gasteiger partial charge in [0.05, 0.1) is 6.04 Å². The van der Waals surface area contributed by atoms with E-state index in [2.05, 4.69) is 10.1 Å². The topological polar surface area (TPSA) is 64.9 Å². The molecule has 0 radical (unpaired) electrons. The van der Waals surface area contributed by atoms with Crippen LogP contribution in [0.5, 0.6) is 0 Å². The second kappa shape index (κ2) is 4.81. The number of benzene rings is 1. The molecule has 18 heavy (non-hydrogen) atoms. The average molecular weight is 253 g/mol. The van der Waals surface area contributed by atoms with Crippen molar-refractivity contribution >= 4 is 0 Å². The van der Waals surface area contributed by atoms with E-state index in [9.17, 15) is 8.78 Å². The Morgan fingerprint density at radius 2 is 1.94 bits per heavy atom. The summed E-state index contributed by atoms with van der Waals surface area (Å²) in [5.74, 6) is -1.06. The van der Waals surface area contributed by atoms with Gasteiger partial charge in [-0.15, -0.1) is 0 Å². The van der Waals surface area contributed by atoms with Crippen molar-refractivity contribution in [1.82, 2.24) is 10.1 Å². The molecule has 0 saturated carbocycles. The fraction of sp³-hybridized carbons (Fsp3) is 0.333. The first-order chi connectivity index (χ1) is 8.49. The van der Waals surface area contributed by atoms with Gasteiger partial charge in [-0.2, -0.15) is 4.98 Å². The lowest BCUT2D eigenvalue weighted by atomic mass is 10.1. The van der Waals surface area contributed by atoms with Crippen LogP contribution in [0.3, 0.4) is 0 Å². The lowest BCUT2D eigenvalue weighted by Crippen LogP contribution is -2.14. The van der Waals surface area contributed by atoms with Crippen LogP contribution in [0.25, 0.3) is 0 Å². The van der Waals surface area contributed by atoms with E-state index in [0.717, 1.165) is 12.1 Å². The van der Waals surface area contributed by atoms with Crippen molar-refractivity contribution in [2.75, 3.05) is 0 Å². The molecule has 96 valence electrons. The van der Waals surface area contributed by atoms with Crippen LogP contribution in [0.1, 0.15) is 43.1 Å². The maximum atomic E-state index is 13.1. The van der Waals surface area contributed by atoms with Crippen LogP contribution in [0.4, 0.5) is 8.78 Å². The Bertz CT molecular complexity index is 554. The first kappa shape index (κ1) is 12.6. The fourth-order valence-electron chi connectivity index (χ4n) is 1.46. The van der Waals surface area contributed by atoms with Crippen LogP contribution in [0.15, 0.2) is 22.7 Å². The average Bonchev–Trinajstić information content (AvgIpc) is 2.81. The Morgan fingerprint density at radius 1 is 1.22 bits per heavy atom. The number of nitrogens with zero attached hydrogens (tertiary/aromatic N) is 2. The van der Waals surface area contributed by atoms with Crippen LogP contribution >= 0.6 is 0 Å². The smallest absolute Gasteiger partial charge is 0.229 e. The number of nitrogens with two attached hydrogens (primary N) is 1. The maximum Gasteiger partial charge on any atom is 0.229 e. The van der Waals surface area contributed by atoms with E-state index in [0.29, 0.717) is 11.5 Å². The highest BCUT2D eigenvalue weighted by molar-refractivity contribution is 5.25. The summed E-state index contributed by atoms with van der Waals surface area (Å²) in [5, 5.41) is 3.74. The van der Waals surface area contributed by atoms with Gasteiger partial charge in [-0.25, -0.2) is 8.78 Å². The van der Waals surface area contributed by atoms with Crippen LogP contribution in [-0.4, -0.2) is 10.1 Å². The van der Waals surface area contributed by atoms with E-state index < -0.39 is 17.7 Å². The summed E-state index contributed by atoms with van der Waals surface area (Å²) in [6.45, 7) is 3.81. The van der Waals surface area contributed by atoms with Crippen molar-refractivity contribution in [3.63, 3.8) is 0 Å². The summed E-state index contributed by atoms with van der Waals surface area (Å²) in [6.07, 6.45) is 0. The molecular formula is C12H13F2N3O. The van der Waals surface area contributed by atoms with Gasteiger partial charge in [-0.05, 0) is 17.7 Å². The van der Waals surface area contributed by atoms with Crippen LogP contribution < -0.4 is 5.73 Å². The van der Waals surface area contributed by atoms with E-state index in [1.807, 2.05) is 13.8 Å². The molecule has 0 fully saturated rings. The second-order valence-corrected chi connectivity index (χ2v) is 4.30. The van der Waals surface area contributed by atoms with Gasteiger partial charge < -0.3 is 10.3 Å². The third kappa shape index (κ3) is 2.38. The molecule has 1 aromatic heterocycles. The molecule has 4 nitrogen and oxygen atoms in total. The van der Waals surface area contributed by atoms with Crippen molar-refractivity contribution < 1.29 is 13.3 Å². The van der Waals surface area contributed by atoms with E-state index >= 15 is 0 Å². The van der Waals surface area contributed by atoms with E-state index in [4.69, 9.17) is 10.3 Å². The largest absolute Gasteiger partial charge is 0.339 e. The molecule has 0 spiro atoms. The normalized spacial score (nSPS) is 13.0. The first-order valence-electron chi connectivity index (χ1n) is 5.53. The highest BCUT2D eigenvalue weighted by Gasteiger charge is 2.18. The van der Waals surface area contributed by atoms with Crippen molar-refractivity contribution in [3.05, 3.63) is 47.1 Å². The molecule has 0 aliphatic carbocycles. The van der Waals surface area contributed by atoms with E-state index in [1.165, 1.54) is 6.07 Å². The summed E-state index contributed by atoms with van der Waals surface area (Å²) in [5.41, 5.74) is 6.27. The molecule has 1 atom stereocenters. The predicted molar refractivity (Wildman–Crippen MR) is 60.8 cm³/mol. The Morgan fingerprint density at radius 3 is 2.50 bits per heavy atom. The zero-order valence-electron chi connectivity index (χ0n) is 10.0. The van der Waals surface area contributed by atoms with Gasteiger partial charge in [-0.3, -0.25) is 0 Å². The van der Waals surface area contributed by atoms with Gasteiger partial charge in [0, 0.05) is 5.92 Å². The van der Waals surface area contributed by atoms with Crippen LogP contribution in [0, 0.1) is 11.6 Å². The molecule has 2 rings (SSSR count).